The van der Waals surface area contributed by atoms with Crippen molar-refractivity contribution in [3.05, 3.63) is 23.7 Å². The highest BCUT2D eigenvalue weighted by Gasteiger charge is 2.23. The van der Waals surface area contributed by atoms with Crippen molar-refractivity contribution < 1.29 is 4.42 Å². The van der Waals surface area contributed by atoms with Crippen LogP contribution in [0.2, 0.25) is 0 Å². The molecule has 1 unspecified atom stereocenters. The van der Waals surface area contributed by atoms with Crippen molar-refractivity contribution in [2.75, 3.05) is 0 Å². The van der Waals surface area contributed by atoms with Gasteiger partial charge in [0.2, 0.25) is 0 Å². The molecule has 1 aromatic heterocycles. The molecule has 2 rings (SSSR count). The Balaban J connectivity index is 2.07. The summed E-state index contributed by atoms with van der Waals surface area (Å²) in [4.78, 5) is 0. The first-order valence-corrected chi connectivity index (χ1v) is 5.58. The maximum atomic E-state index is 6.26. The van der Waals surface area contributed by atoms with Crippen molar-refractivity contribution in [3.8, 4) is 0 Å². The predicted octanol–water partition coefficient (Wildman–Crippen LogP) is 3.17. The SMILES string of the molecule is Cc1occc1C(N)C1CCCCC1. The lowest BCUT2D eigenvalue weighted by Gasteiger charge is -2.27. The molecule has 0 spiro atoms. The van der Waals surface area contributed by atoms with Crippen LogP contribution in [0.15, 0.2) is 16.7 Å². The minimum absolute atomic E-state index is 0.189. The summed E-state index contributed by atoms with van der Waals surface area (Å²) in [6, 6.07) is 2.21. The smallest absolute Gasteiger partial charge is 0.105 e. The zero-order valence-electron chi connectivity index (χ0n) is 8.83. The zero-order valence-corrected chi connectivity index (χ0v) is 8.83. The molecule has 78 valence electrons. The Morgan fingerprint density at radius 3 is 2.64 bits per heavy atom. The molecule has 0 saturated heterocycles. The van der Waals surface area contributed by atoms with E-state index < -0.39 is 0 Å². The molecule has 1 saturated carbocycles. The summed E-state index contributed by atoms with van der Waals surface area (Å²) >= 11 is 0. The summed E-state index contributed by atoms with van der Waals surface area (Å²) in [5.74, 6) is 1.66. The van der Waals surface area contributed by atoms with Crippen LogP contribution in [0.25, 0.3) is 0 Å². The summed E-state index contributed by atoms with van der Waals surface area (Å²) in [6.45, 7) is 2.00. The van der Waals surface area contributed by atoms with Crippen LogP contribution in [0.4, 0.5) is 0 Å². The Labute approximate surface area is 85.5 Å². The van der Waals surface area contributed by atoms with Crippen LogP contribution < -0.4 is 5.73 Å². The average molecular weight is 193 g/mol. The van der Waals surface area contributed by atoms with E-state index in [-0.39, 0.29) is 6.04 Å². The topological polar surface area (TPSA) is 39.2 Å². The van der Waals surface area contributed by atoms with Gasteiger partial charge in [0.15, 0.2) is 0 Å². The Bertz CT molecular complexity index is 286. The van der Waals surface area contributed by atoms with Crippen LogP contribution in [-0.2, 0) is 0 Å². The van der Waals surface area contributed by atoms with E-state index >= 15 is 0 Å². The molecular formula is C12H19NO. The Morgan fingerprint density at radius 1 is 1.36 bits per heavy atom. The second kappa shape index (κ2) is 4.18. The fourth-order valence-electron chi connectivity index (χ4n) is 2.49. The van der Waals surface area contributed by atoms with Gasteiger partial charge >= 0.3 is 0 Å². The van der Waals surface area contributed by atoms with Crippen molar-refractivity contribution >= 4 is 0 Å². The van der Waals surface area contributed by atoms with E-state index in [4.69, 9.17) is 10.2 Å². The lowest BCUT2D eigenvalue weighted by atomic mass is 9.82. The van der Waals surface area contributed by atoms with E-state index in [0.717, 1.165) is 5.76 Å². The highest BCUT2D eigenvalue weighted by Crippen LogP contribution is 2.34. The van der Waals surface area contributed by atoms with Gasteiger partial charge in [-0.2, -0.15) is 0 Å². The first kappa shape index (κ1) is 9.78. The molecule has 0 aliphatic heterocycles. The monoisotopic (exact) mass is 193 g/mol. The largest absolute Gasteiger partial charge is 0.469 e. The van der Waals surface area contributed by atoms with Gasteiger partial charge in [-0.15, -0.1) is 0 Å². The minimum atomic E-state index is 0.189. The predicted molar refractivity (Wildman–Crippen MR) is 56.9 cm³/mol. The second-order valence-corrected chi connectivity index (χ2v) is 4.36. The maximum Gasteiger partial charge on any atom is 0.105 e. The normalized spacial score (nSPS) is 21.0. The lowest BCUT2D eigenvalue weighted by molar-refractivity contribution is 0.306. The van der Waals surface area contributed by atoms with E-state index in [1.165, 1.54) is 37.7 Å². The Morgan fingerprint density at radius 2 is 2.07 bits per heavy atom. The molecule has 0 aromatic carbocycles. The van der Waals surface area contributed by atoms with Crippen LogP contribution in [0.3, 0.4) is 0 Å². The second-order valence-electron chi connectivity index (χ2n) is 4.36. The number of hydrogen-bond acceptors (Lipinski definition) is 2. The van der Waals surface area contributed by atoms with Gasteiger partial charge in [-0.1, -0.05) is 19.3 Å². The van der Waals surface area contributed by atoms with Crippen LogP contribution in [0, 0.1) is 12.8 Å². The fraction of sp³-hybridized carbons (Fsp3) is 0.667. The average Bonchev–Trinajstić information content (AvgIpc) is 2.65. The summed E-state index contributed by atoms with van der Waals surface area (Å²) in [7, 11) is 0. The molecule has 1 atom stereocenters. The number of hydrogen-bond donors (Lipinski definition) is 1. The molecule has 1 aliphatic carbocycles. The molecule has 2 nitrogen and oxygen atoms in total. The third-order valence-electron chi connectivity index (χ3n) is 3.42. The van der Waals surface area contributed by atoms with Gasteiger partial charge in [0.25, 0.3) is 0 Å². The lowest BCUT2D eigenvalue weighted by Crippen LogP contribution is -2.23. The quantitative estimate of drug-likeness (QED) is 0.783. The molecule has 2 heteroatoms. The molecule has 0 radical (unpaired) electrons. The van der Waals surface area contributed by atoms with Gasteiger partial charge < -0.3 is 10.2 Å². The number of aryl methyl sites for hydroxylation is 1. The summed E-state index contributed by atoms with van der Waals surface area (Å²) in [6.07, 6.45) is 8.38. The van der Waals surface area contributed by atoms with Gasteiger partial charge in [0, 0.05) is 11.6 Å². The first-order chi connectivity index (χ1) is 6.79. The van der Waals surface area contributed by atoms with Crippen molar-refractivity contribution in [3.63, 3.8) is 0 Å². The van der Waals surface area contributed by atoms with Gasteiger partial charge in [-0.3, -0.25) is 0 Å². The highest BCUT2D eigenvalue weighted by atomic mass is 16.3. The summed E-state index contributed by atoms with van der Waals surface area (Å²) in [5, 5.41) is 0. The third kappa shape index (κ3) is 1.85. The molecule has 2 N–H and O–H groups in total. The van der Waals surface area contributed by atoms with Crippen molar-refractivity contribution in [2.24, 2.45) is 11.7 Å². The number of nitrogens with two attached hydrogens (primary N) is 1. The Hall–Kier alpha value is -0.760. The third-order valence-corrected chi connectivity index (χ3v) is 3.42. The highest BCUT2D eigenvalue weighted by molar-refractivity contribution is 5.20. The van der Waals surface area contributed by atoms with Crippen LogP contribution >= 0.6 is 0 Å². The summed E-state index contributed by atoms with van der Waals surface area (Å²) < 4.78 is 5.30. The molecule has 14 heavy (non-hydrogen) atoms. The van der Waals surface area contributed by atoms with Crippen LogP contribution in [0.1, 0.15) is 49.5 Å². The molecule has 1 aliphatic rings. The molecule has 1 fully saturated rings. The first-order valence-electron chi connectivity index (χ1n) is 5.58. The van der Waals surface area contributed by atoms with E-state index in [0.29, 0.717) is 5.92 Å². The van der Waals surface area contributed by atoms with E-state index in [2.05, 4.69) is 0 Å². The van der Waals surface area contributed by atoms with E-state index in [9.17, 15) is 0 Å². The molecule has 1 heterocycles. The summed E-state index contributed by atoms with van der Waals surface area (Å²) in [5.41, 5.74) is 7.46. The fourth-order valence-corrected chi connectivity index (χ4v) is 2.49. The number of rotatable bonds is 2. The maximum absolute atomic E-state index is 6.26. The molecule has 0 amide bonds. The van der Waals surface area contributed by atoms with E-state index in [1.54, 1.807) is 6.26 Å². The Kier molecular flexibility index (Phi) is 2.92. The van der Waals surface area contributed by atoms with Crippen LogP contribution in [-0.4, -0.2) is 0 Å². The van der Waals surface area contributed by atoms with Gasteiger partial charge in [0.1, 0.15) is 5.76 Å². The van der Waals surface area contributed by atoms with Crippen LogP contribution in [0.5, 0.6) is 0 Å². The molecule has 1 aromatic rings. The molecule has 0 bridgehead atoms. The van der Waals surface area contributed by atoms with Gasteiger partial charge in [-0.25, -0.2) is 0 Å². The van der Waals surface area contributed by atoms with Crippen molar-refractivity contribution in [1.29, 1.82) is 0 Å². The van der Waals surface area contributed by atoms with Crippen molar-refractivity contribution in [2.45, 2.75) is 45.1 Å². The molecular weight excluding hydrogens is 174 g/mol. The minimum Gasteiger partial charge on any atom is -0.469 e. The van der Waals surface area contributed by atoms with Gasteiger partial charge in [-0.05, 0) is 31.7 Å². The van der Waals surface area contributed by atoms with E-state index in [1.807, 2.05) is 13.0 Å². The zero-order chi connectivity index (χ0) is 9.97. The van der Waals surface area contributed by atoms with Crippen molar-refractivity contribution in [1.82, 2.24) is 0 Å². The number of furan rings is 1. The van der Waals surface area contributed by atoms with Gasteiger partial charge in [0.05, 0.1) is 6.26 Å². The standard InChI is InChI=1S/C12H19NO/c1-9-11(7-8-14-9)12(13)10-5-3-2-4-6-10/h7-8,10,12H,2-6,13H2,1H3.